The number of aryl methyl sites for hydroxylation is 2. The minimum absolute atomic E-state index is 0.205. The Morgan fingerprint density at radius 2 is 1.88 bits per heavy atom. The number of aromatic nitrogens is 3. The van der Waals surface area contributed by atoms with Crippen LogP contribution in [0.4, 0.5) is 5.69 Å². The topological polar surface area (TPSA) is 95.2 Å². The first-order chi connectivity index (χ1) is 12.3. The number of ether oxygens (including phenoxy) is 1. The SMILES string of the molecule is COc1cccc(NC(=O)c2cc3c(=O)n(C)c(=O)n(C)c3nc2C)c1. The normalized spacial score (nSPS) is 10.8. The van der Waals surface area contributed by atoms with Crippen LogP contribution in [-0.4, -0.2) is 27.1 Å². The number of amides is 1. The van der Waals surface area contributed by atoms with Gasteiger partial charge in [-0.05, 0) is 25.1 Å². The predicted octanol–water partition coefficient (Wildman–Crippen LogP) is 1.20. The monoisotopic (exact) mass is 354 g/mol. The van der Waals surface area contributed by atoms with Crippen LogP contribution in [0.1, 0.15) is 16.1 Å². The van der Waals surface area contributed by atoms with Gasteiger partial charge in [0.05, 0.1) is 23.8 Å². The van der Waals surface area contributed by atoms with Crippen LogP contribution >= 0.6 is 0 Å². The highest BCUT2D eigenvalue weighted by Gasteiger charge is 2.17. The molecular formula is C18H18N4O4. The van der Waals surface area contributed by atoms with Crippen LogP contribution in [0.3, 0.4) is 0 Å². The largest absolute Gasteiger partial charge is 0.497 e. The zero-order valence-electron chi connectivity index (χ0n) is 14.9. The van der Waals surface area contributed by atoms with Crippen molar-refractivity contribution >= 4 is 22.6 Å². The summed E-state index contributed by atoms with van der Waals surface area (Å²) < 4.78 is 7.41. The number of carbonyl (C=O) groups excluding carboxylic acids is 1. The van der Waals surface area contributed by atoms with Gasteiger partial charge in [0.1, 0.15) is 11.4 Å². The minimum atomic E-state index is -0.494. The van der Waals surface area contributed by atoms with Gasteiger partial charge in [-0.25, -0.2) is 9.78 Å². The van der Waals surface area contributed by atoms with E-state index < -0.39 is 17.2 Å². The van der Waals surface area contributed by atoms with Gasteiger partial charge in [-0.15, -0.1) is 0 Å². The summed E-state index contributed by atoms with van der Waals surface area (Å²) in [6.45, 7) is 1.65. The number of pyridine rings is 1. The second kappa shape index (κ2) is 6.47. The fourth-order valence-electron chi connectivity index (χ4n) is 2.72. The van der Waals surface area contributed by atoms with Crippen molar-refractivity contribution in [2.75, 3.05) is 12.4 Å². The Hall–Kier alpha value is -3.42. The van der Waals surface area contributed by atoms with Gasteiger partial charge in [0.2, 0.25) is 0 Å². The van der Waals surface area contributed by atoms with Crippen molar-refractivity contribution in [1.29, 1.82) is 0 Å². The van der Waals surface area contributed by atoms with E-state index in [-0.39, 0.29) is 16.6 Å². The van der Waals surface area contributed by atoms with E-state index in [1.807, 2.05) is 0 Å². The lowest BCUT2D eigenvalue weighted by Crippen LogP contribution is -2.37. The first-order valence-corrected chi connectivity index (χ1v) is 7.86. The highest BCUT2D eigenvalue weighted by atomic mass is 16.5. The summed E-state index contributed by atoms with van der Waals surface area (Å²) in [5.74, 6) is 0.209. The minimum Gasteiger partial charge on any atom is -0.497 e. The van der Waals surface area contributed by atoms with Gasteiger partial charge in [0, 0.05) is 25.8 Å². The zero-order valence-corrected chi connectivity index (χ0v) is 14.9. The Morgan fingerprint density at radius 3 is 2.58 bits per heavy atom. The van der Waals surface area contributed by atoms with Crippen LogP contribution in [0.15, 0.2) is 39.9 Å². The second-order valence-corrected chi connectivity index (χ2v) is 5.88. The van der Waals surface area contributed by atoms with E-state index in [1.165, 1.54) is 24.7 Å². The van der Waals surface area contributed by atoms with Crippen molar-refractivity contribution in [1.82, 2.24) is 14.1 Å². The zero-order chi connectivity index (χ0) is 19.0. The average Bonchev–Trinajstić information content (AvgIpc) is 2.64. The van der Waals surface area contributed by atoms with Gasteiger partial charge in [-0.2, -0.15) is 0 Å². The van der Waals surface area contributed by atoms with Crippen molar-refractivity contribution in [2.45, 2.75) is 6.92 Å². The Labute approximate surface area is 148 Å². The molecule has 0 bridgehead atoms. The third-order valence-corrected chi connectivity index (χ3v) is 4.19. The first kappa shape index (κ1) is 17.4. The number of nitrogens with zero attached hydrogens (tertiary/aromatic N) is 3. The molecular weight excluding hydrogens is 336 g/mol. The van der Waals surface area contributed by atoms with Gasteiger partial charge in [-0.1, -0.05) is 6.07 Å². The van der Waals surface area contributed by atoms with E-state index in [0.717, 1.165) is 4.57 Å². The standard InChI is InChI=1S/C18H18N4O4/c1-10-13(16(23)20-11-6-5-7-12(8-11)26-4)9-14-15(19-10)21(2)18(25)22(3)17(14)24/h5-9H,1-4H3,(H,20,23). The number of carbonyl (C=O) groups is 1. The molecule has 0 aliphatic heterocycles. The highest BCUT2D eigenvalue weighted by Crippen LogP contribution is 2.19. The lowest BCUT2D eigenvalue weighted by molar-refractivity contribution is 0.102. The lowest BCUT2D eigenvalue weighted by Gasteiger charge is -2.11. The summed E-state index contributed by atoms with van der Waals surface area (Å²) in [6.07, 6.45) is 0. The summed E-state index contributed by atoms with van der Waals surface area (Å²) in [5, 5.41) is 2.97. The Bertz CT molecular complexity index is 1140. The summed E-state index contributed by atoms with van der Waals surface area (Å²) in [6, 6.07) is 8.40. The van der Waals surface area contributed by atoms with Gasteiger partial charge in [0.25, 0.3) is 11.5 Å². The molecule has 1 amide bonds. The second-order valence-electron chi connectivity index (χ2n) is 5.88. The van der Waals surface area contributed by atoms with Gasteiger partial charge >= 0.3 is 5.69 Å². The maximum atomic E-state index is 12.7. The van der Waals surface area contributed by atoms with Crippen LogP contribution in [0.2, 0.25) is 0 Å². The third kappa shape index (κ3) is 2.85. The molecule has 0 spiro atoms. The van der Waals surface area contributed by atoms with Crippen molar-refractivity contribution in [3.8, 4) is 5.75 Å². The molecule has 0 radical (unpaired) electrons. The molecule has 2 aromatic heterocycles. The van der Waals surface area contributed by atoms with Crippen LogP contribution in [0.5, 0.6) is 5.75 Å². The van der Waals surface area contributed by atoms with E-state index in [4.69, 9.17) is 4.74 Å². The molecule has 8 nitrogen and oxygen atoms in total. The summed E-state index contributed by atoms with van der Waals surface area (Å²) in [4.78, 5) is 41.4. The van der Waals surface area contributed by atoms with Crippen molar-refractivity contribution in [2.24, 2.45) is 14.1 Å². The molecule has 3 rings (SSSR count). The summed E-state index contributed by atoms with van der Waals surface area (Å²) >= 11 is 0. The van der Waals surface area contributed by atoms with E-state index in [9.17, 15) is 14.4 Å². The molecule has 0 atom stereocenters. The molecule has 2 heterocycles. The number of hydrogen-bond acceptors (Lipinski definition) is 5. The lowest BCUT2D eigenvalue weighted by atomic mass is 10.1. The molecule has 8 heteroatoms. The third-order valence-electron chi connectivity index (χ3n) is 4.19. The maximum absolute atomic E-state index is 12.7. The van der Waals surface area contributed by atoms with Crippen molar-refractivity contribution in [3.63, 3.8) is 0 Å². The average molecular weight is 354 g/mol. The van der Waals surface area contributed by atoms with Gasteiger partial charge in [0.15, 0.2) is 0 Å². The molecule has 134 valence electrons. The molecule has 1 aromatic carbocycles. The van der Waals surface area contributed by atoms with E-state index in [2.05, 4.69) is 10.3 Å². The molecule has 0 aliphatic carbocycles. The molecule has 0 fully saturated rings. The number of rotatable bonds is 3. The predicted molar refractivity (Wildman–Crippen MR) is 97.9 cm³/mol. The number of nitrogens with one attached hydrogen (secondary N) is 1. The Morgan fingerprint density at radius 1 is 1.15 bits per heavy atom. The quantitative estimate of drug-likeness (QED) is 0.763. The van der Waals surface area contributed by atoms with Gasteiger partial charge < -0.3 is 10.1 Å². The Balaban J connectivity index is 2.10. The summed E-state index contributed by atoms with van der Waals surface area (Å²) in [7, 11) is 4.46. The van der Waals surface area contributed by atoms with Crippen molar-refractivity contribution in [3.05, 3.63) is 62.4 Å². The van der Waals surface area contributed by atoms with Crippen LogP contribution in [0.25, 0.3) is 11.0 Å². The molecule has 0 saturated heterocycles. The maximum Gasteiger partial charge on any atom is 0.332 e. The van der Waals surface area contributed by atoms with Crippen LogP contribution in [-0.2, 0) is 14.1 Å². The fourth-order valence-corrected chi connectivity index (χ4v) is 2.72. The summed E-state index contributed by atoms with van der Waals surface area (Å²) in [5.41, 5.74) is 0.516. The molecule has 0 aliphatic rings. The number of hydrogen-bond donors (Lipinski definition) is 1. The number of fused-ring (bicyclic) bond motifs is 1. The number of methoxy groups -OCH3 is 1. The van der Waals surface area contributed by atoms with Crippen molar-refractivity contribution < 1.29 is 9.53 Å². The molecule has 0 unspecified atom stereocenters. The number of anilines is 1. The van der Waals surface area contributed by atoms with E-state index in [0.29, 0.717) is 17.1 Å². The van der Waals surface area contributed by atoms with Crippen LogP contribution in [0, 0.1) is 6.92 Å². The van der Waals surface area contributed by atoms with E-state index >= 15 is 0 Å². The number of benzene rings is 1. The van der Waals surface area contributed by atoms with Gasteiger partial charge in [-0.3, -0.25) is 18.7 Å². The Kier molecular flexibility index (Phi) is 4.33. The molecule has 0 saturated carbocycles. The first-order valence-electron chi connectivity index (χ1n) is 7.86. The smallest absolute Gasteiger partial charge is 0.332 e. The van der Waals surface area contributed by atoms with E-state index in [1.54, 1.807) is 38.3 Å². The fraction of sp³-hybridized carbons (Fsp3) is 0.222. The molecule has 3 aromatic rings. The van der Waals surface area contributed by atoms with Crippen LogP contribution < -0.4 is 21.3 Å². The molecule has 26 heavy (non-hydrogen) atoms. The molecule has 1 N–H and O–H groups in total. The highest BCUT2D eigenvalue weighted by molar-refractivity contribution is 6.06.